The molecular formula is C17H19ClN2O3S. The largest absolute Gasteiger partial charge is 0.384 e. The van der Waals surface area contributed by atoms with Gasteiger partial charge in [-0.15, -0.1) is 0 Å². The number of sulfone groups is 1. The highest BCUT2D eigenvalue weighted by molar-refractivity contribution is 7.90. The predicted octanol–water partition coefficient (Wildman–Crippen LogP) is 2.93. The van der Waals surface area contributed by atoms with E-state index in [0.717, 1.165) is 12.2 Å². The zero-order chi connectivity index (χ0) is 17.5. The highest BCUT2D eigenvalue weighted by Gasteiger charge is 2.22. The second kappa shape index (κ2) is 6.26. The number of aryl methyl sites for hydroxylation is 1. The van der Waals surface area contributed by atoms with E-state index in [4.69, 9.17) is 11.6 Å². The van der Waals surface area contributed by atoms with Crippen molar-refractivity contribution in [1.82, 2.24) is 4.57 Å². The number of nitrogens with zero attached hydrogens (tertiary/aromatic N) is 1. The van der Waals surface area contributed by atoms with Crippen LogP contribution in [0.3, 0.4) is 0 Å². The van der Waals surface area contributed by atoms with Crippen LogP contribution in [-0.4, -0.2) is 25.8 Å². The highest BCUT2D eigenvalue weighted by Crippen LogP contribution is 2.36. The molecule has 5 nitrogen and oxygen atoms in total. The van der Waals surface area contributed by atoms with E-state index in [0.29, 0.717) is 22.1 Å². The average molecular weight is 367 g/mol. The molecule has 2 aromatic rings. The lowest BCUT2D eigenvalue weighted by Gasteiger charge is -2.15. The van der Waals surface area contributed by atoms with Gasteiger partial charge in [0.2, 0.25) is 0 Å². The number of anilines is 1. The molecule has 1 aliphatic carbocycles. The van der Waals surface area contributed by atoms with Gasteiger partial charge in [-0.2, -0.15) is 0 Å². The van der Waals surface area contributed by atoms with Crippen molar-refractivity contribution in [2.24, 2.45) is 13.0 Å². The molecule has 1 aliphatic rings. The summed E-state index contributed by atoms with van der Waals surface area (Å²) in [6.45, 7) is 0.842. The molecule has 128 valence electrons. The minimum atomic E-state index is -3.34. The van der Waals surface area contributed by atoms with Crippen LogP contribution in [0.4, 0.5) is 5.69 Å². The summed E-state index contributed by atoms with van der Waals surface area (Å²) in [6.07, 6.45) is 5.23. The first-order valence-electron chi connectivity index (χ1n) is 7.70. The van der Waals surface area contributed by atoms with E-state index in [2.05, 4.69) is 5.32 Å². The van der Waals surface area contributed by atoms with Crippen molar-refractivity contribution in [2.75, 3.05) is 18.1 Å². The molecule has 1 fully saturated rings. The molecule has 1 N–H and O–H groups in total. The molecule has 24 heavy (non-hydrogen) atoms. The van der Waals surface area contributed by atoms with Gasteiger partial charge < -0.3 is 9.88 Å². The lowest BCUT2D eigenvalue weighted by atomic mass is 10.0. The Balaban J connectivity index is 2.14. The zero-order valence-corrected chi connectivity index (χ0v) is 15.1. The van der Waals surface area contributed by atoms with E-state index in [1.807, 2.05) is 0 Å². The van der Waals surface area contributed by atoms with Gasteiger partial charge in [0.1, 0.15) is 0 Å². The number of nitrogens with one attached hydrogen (secondary N) is 1. The van der Waals surface area contributed by atoms with Gasteiger partial charge >= 0.3 is 0 Å². The topological polar surface area (TPSA) is 68.2 Å². The van der Waals surface area contributed by atoms with Crippen LogP contribution in [-0.2, 0) is 16.9 Å². The van der Waals surface area contributed by atoms with Gasteiger partial charge in [0.15, 0.2) is 9.84 Å². The van der Waals surface area contributed by atoms with Crippen LogP contribution in [0.25, 0.3) is 11.1 Å². The Hall–Kier alpha value is -1.79. The third-order valence-electron chi connectivity index (χ3n) is 4.17. The summed E-state index contributed by atoms with van der Waals surface area (Å²) in [6, 6.07) is 6.30. The maximum atomic E-state index is 11.9. The molecule has 0 saturated heterocycles. The number of hydrogen-bond acceptors (Lipinski definition) is 4. The second-order valence-corrected chi connectivity index (χ2v) is 8.71. The molecule has 0 radical (unpaired) electrons. The summed E-state index contributed by atoms with van der Waals surface area (Å²) < 4.78 is 25.2. The van der Waals surface area contributed by atoms with Gasteiger partial charge in [-0.1, -0.05) is 11.6 Å². The van der Waals surface area contributed by atoms with Crippen molar-refractivity contribution in [3.05, 3.63) is 45.8 Å². The molecule has 0 bridgehead atoms. The van der Waals surface area contributed by atoms with E-state index in [-0.39, 0.29) is 10.5 Å². The van der Waals surface area contributed by atoms with E-state index in [1.54, 1.807) is 31.4 Å². The van der Waals surface area contributed by atoms with Crippen LogP contribution in [0.2, 0.25) is 5.02 Å². The maximum Gasteiger partial charge on any atom is 0.251 e. The number of aromatic nitrogens is 1. The van der Waals surface area contributed by atoms with Crippen molar-refractivity contribution >= 4 is 27.1 Å². The van der Waals surface area contributed by atoms with E-state index in [9.17, 15) is 13.2 Å². The predicted molar refractivity (Wildman–Crippen MR) is 96.5 cm³/mol. The van der Waals surface area contributed by atoms with Gasteiger partial charge in [-0.25, -0.2) is 8.42 Å². The number of benzene rings is 1. The minimum absolute atomic E-state index is 0.212. The van der Waals surface area contributed by atoms with Crippen LogP contribution in [0.5, 0.6) is 0 Å². The Kier molecular flexibility index (Phi) is 4.44. The summed E-state index contributed by atoms with van der Waals surface area (Å²) in [5.41, 5.74) is 1.91. The fraction of sp³-hybridized carbons (Fsp3) is 0.353. The lowest BCUT2D eigenvalue weighted by Crippen LogP contribution is -2.15. The van der Waals surface area contributed by atoms with E-state index < -0.39 is 9.84 Å². The molecule has 7 heteroatoms. The van der Waals surface area contributed by atoms with Crippen molar-refractivity contribution in [2.45, 2.75) is 17.7 Å². The Labute approximate surface area is 146 Å². The average Bonchev–Trinajstić information content (AvgIpc) is 3.32. The quantitative estimate of drug-likeness (QED) is 0.883. The van der Waals surface area contributed by atoms with E-state index >= 15 is 0 Å². The Morgan fingerprint density at radius 1 is 1.25 bits per heavy atom. The SMILES string of the molecule is Cn1cc(-c2cc(S(C)(=O)=O)ccc2NCC2CC2)c(Cl)cc1=O. The van der Waals surface area contributed by atoms with Crippen LogP contribution in [0.15, 0.2) is 40.2 Å². The van der Waals surface area contributed by atoms with Crippen LogP contribution in [0, 0.1) is 5.92 Å². The Morgan fingerprint density at radius 2 is 1.96 bits per heavy atom. The van der Waals surface area contributed by atoms with Gasteiger partial charge in [-0.05, 0) is 37.0 Å². The first kappa shape index (κ1) is 17.0. The number of hydrogen-bond donors (Lipinski definition) is 1. The zero-order valence-electron chi connectivity index (χ0n) is 13.5. The van der Waals surface area contributed by atoms with Crippen molar-refractivity contribution in [3.8, 4) is 11.1 Å². The lowest BCUT2D eigenvalue weighted by molar-refractivity contribution is 0.602. The first-order chi connectivity index (χ1) is 11.3. The van der Waals surface area contributed by atoms with Gasteiger partial charge in [0, 0.05) is 48.9 Å². The molecule has 0 spiro atoms. The van der Waals surface area contributed by atoms with Gasteiger partial charge in [0.25, 0.3) is 5.56 Å². The normalized spacial score (nSPS) is 14.6. The number of pyridine rings is 1. The van der Waals surface area contributed by atoms with Crippen molar-refractivity contribution < 1.29 is 8.42 Å². The number of rotatable bonds is 5. The molecular weight excluding hydrogens is 348 g/mol. The smallest absolute Gasteiger partial charge is 0.251 e. The van der Waals surface area contributed by atoms with Gasteiger partial charge in [-0.3, -0.25) is 4.79 Å². The molecule has 1 aromatic carbocycles. The third kappa shape index (κ3) is 3.65. The summed E-state index contributed by atoms with van der Waals surface area (Å²) in [5.74, 6) is 0.669. The molecule has 1 saturated carbocycles. The molecule has 0 unspecified atom stereocenters. The second-order valence-electron chi connectivity index (χ2n) is 6.29. The third-order valence-corrected chi connectivity index (χ3v) is 5.59. The minimum Gasteiger partial charge on any atom is -0.384 e. The summed E-state index contributed by atoms with van der Waals surface area (Å²) in [7, 11) is -1.70. The van der Waals surface area contributed by atoms with Crippen molar-refractivity contribution in [3.63, 3.8) is 0 Å². The Bertz CT molecular complexity index is 947. The molecule has 1 aromatic heterocycles. The molecule has 0 aliphatic heterocycles. The van der Waals surface area contributed by atoms with Crippen LogP contribution >= 0.6 is 11.6 Å². The molecule has 1 heterocycles. The molecule has 3 rings (SSSR count). The highest BCUT2D eigenvalue weighted by atomic mass is 35.5. The van der Waals surface area contributed by atoms with E-state index in [1.165, 1.54) is 29.7 Å². The molecule has 0 atom stereocenters. The maximum absolute atomic E-state index is 11.9. The monoisotopic (exact) mass is 366 g/mol. The fourth-order valence-corrected chi connectivity index (χ4v) is 3.40. The summed E-state index contributed by atoms with van der Waals surface area (Å²) in [5, 5.41) is 3.68. The van der Waals surface area contributed by atoms with Crippen LogP contribution < -0.4 is 10.9 Å². The molecule has 0 amide bonds. The summed E-state index contributed by atoms with van der Waals surface area (Å²) >= 11 is 6.26. The number of halogens is 1. The Morgan fingerprint density at radius 3 is 2.58 bits per heavy atom. The standard InChI is InChI=1S/C17H19ClN2O3S/c1-20-10-14(15(18)8-17(20)21)13-7-12(24(2,22)23)5-6-16(13)19-9-11-3-4-11/h5-8,10-11,19H,3-4,9H2,1-2H3. The first-order valence-corrected chi connectivity index (χ1v) is 9.97. The summed E-state index contributed by atoms with van der Waals surface area (Å²) in [4.78, 5) is 11.9. The van der Waals surface area contributed by atoms with Crippen molar-refractivity contribution in [1.29, 1.82) is 0 Å². The van der Waals surface area contributed by atoms with Crippen LogP contribution in [0.1, 0.15) is 12.8 Å². The van der Waals surface area contributed by atoms with Gasteiger partial charge in [0.05, 0.1) is 9.92 Å². The fourth-order valence-electron chi connectivity index (χ4n) is 2.51.